The van der Waals surface area contributed by atoms with Crippen molar-refractivity contribution in [3.05, 3.63) is 60.6 Å². The first-order valence-corrected chi connectivity index (χ1v) is 8.06. The highest BCUT2D eigenvalue weighted by Gasteiger charge is 2.07. The van der Waals surface area contributed by atoms with Crippen LogP contribution in [-0.4, -0.2) is 26.3 Å². The number of nitrogens with zero attached hydrogens (tertiary/aromatic N) is 4. The van der Waals surface area contributed by atoms with Crippen LogP contribution in [0.5, 0.6) is 5.75 Å². The monoisotopic (exact) mass is 336 g/mol. The Hall–Kier alpha value is -3.22. The summed E-state index contributed by atoms with van der Waals surface area (Å²) < 4.78 is 5.79. The van der Waals surface area contributed by atoms with E-state index in [4.69, 9.17) is 4.74 Å². The molecule has 2 aromatic heterocycles. The molecule has 0 unspecified atom stereocenters. The van der Waals surface area contributed by atoms with Crippen molar-refractivity contribution < 1.29 is 4.74 Å². The van der Waals surface area contributed by atoms with E-state index in [2.05, 4.69) is 30.8 Å². The molecule has 7 heteroatoms. The van der Waals surface area contributed by atoms with E-state index >= 15 is 0 Å². The second-order valence-electron chi connectivity index (χ2n) is 5.66. The average molecular weight is 336 g/mol. The lowest BCUT2D eigenvalue weighted by Gasteiger charge is -2.14. The maximum atomic E-state index is 5.79. The van der Waals surface area contributed by atoms with E-state index in [0.29, 0.717) is 18.3 Å². The highest BCUT2D eigenvalue weighted by Crippen LogP contribution is 2.27. The van der Waals surface area contributed by atoms with Gasteiger partial charge in [0.1, 0.15) is 5.75 Å². The van der Waals surface area contributed by atoms with Crippen molar-refractivity contribution in [2.75, 3.05) is 10.6 Å². The van der Waals surface area contributed by atoms with Crippen molar-refractivity contribution in [3.63, 3.8) is 0 Å². The molecule has 0 saturated heterocycles. The molecule has 25 heavy (non-hydrogen) atoms. The summed E-state index contributed by atoms with van der Waals surface area (Å²) in [4.78, 5) is 8.44. The second kappa shape index (κ2) is 8.05. The molecule has 3 aromatic rings. The van der Waals surface area contributed by atoms with Crippen LogP contribution in [0, 0.1) is 0 Å². The Balaban J connectivity index is 1.70. The summed E-state index contributed by atoms with van der Waals surface area (Å²) >= 11 is 0. The third kappa shape index (κ3) is 4.87. The predicted octanol–water partition coefficient (Wildman–Crippen LogP) is 3.41. The number of ether oxygens (including phenoxy) is 1. The molecule has 3 rings (SSSR count). The SMILES string of the molecule is CC(C)Oc1ccccc1Nc1nncc(NCc2ccncc2)n1. The minimum absolute atomic E-state index is 0.0790. The summed E-state index contributed by atoms with van der Waals surface area (Å²) in [7, 11) is 0. The quantitative estimate of drug-likeness (QED) is 0.684. The maximum Gasteiger partial charge on any atom is 0.249 e. The van der Waals surface area contributed by atoms with Gasteiger partial charge in [-0.25, -0.2) is 0 Å². The summed E-state index contributed by atoms with van der Waals surface area (Å²) in [6.45, 7) is 4.60. The van der Waals surface area contributed by atoms with Gasteiger partial charge < -0.3 is 15.4 Å². The zero-order valence-corrected chi connectivity index (χ0v) is 14.2. The molecule has 0 aliphatic carbocycles. The lowest BCUT2D eigenvalue weighted by atomic mass is 10.3. The van der Waals surface area contributed by atoms with Crippen molar-refractivity contribution in [2.24, 2.45) is 0 Å². The van der Waals surface area contributed by atoms with Crippen molar-refractivity contribution in [3.8, 4) is 5.75 Å². The van der Waals surface area contributed by atoms with E-state index in [1.165, 1.54) is 0 Å². The lowest BCUT2D eigenvalue weighted by Crippen LogP contribution is -2.09. The zero-order chi connectivity index (χ0) is 17.5. The molecule has 0 spiro atoms. The maximum absolute atomic E-state index is 5.79. The van der Waals surface area contributed by atoms with E-state index in [9.17, 15) is 0 Å². The van der Waals surface area contributed by atoms with E-state index in [0.717, 1.165) is 17.0 Å². The second-order valence-corrected chi connectivity index (χ2v) is 5.66. The first-order valence-electron chi connectivity index (χ1n) is 8.06. The highest BCUT2D eigenvalue weighted by molar-refractivity contribution is 5.62. The van der Waals surface area contributed by atoms with Crippen molar-refractivity contribution in [1.82, 2.24) is 20.2 Å². The normalized spacial score (nSPS) is 10.5. The van der Waals surface area contributed by atoms with Gasteiger partial charge in [0.25, 0.3) is 0 Å². The Kier molecular flexibility index (Phi) is 5.36. The molecule has 2 heterocycles. The first-order chi connectivity index (χ1) is 12.2. The van der Waals surface area contributed by atoms with Crippen molar-refractivity contribution in [1.29, 1.82) is 0 Å². The Morgan fingerprint density at radius 1 is 1.08 bits per heavy atom. The molecular weight excluding hydrogens is 316 g/mol. The lowest BCUT2D eigenvalue weighted by molar-refractivity contribution is 0.244. The summed E-state index contributed by atoms with van der Waals surface area (Å²) in [6.07, 6.45) is 5.18. The molecule has 0 fully saturated rings. The largest absolute Gasteiger partial charge is 0.489 e. The van der Waals surface area contributed by atoms with Crippen LogP contribution in [0.1, 0.15) is 19.4 Å². The summed E-state index contributed by atoms with van der Waals surface area (Å²) in [6, 6.07) is 11.6. The first kappa shape index (κ1) is 16.6. The van der Waals surface area contributed by atoms with Crippen LogP contribution in [0.4, 0.5) is 17.5 Å². The number of nitrogens with one attached hydrogen (secondary N) is 2. The number of rotatable bonds is 7. The number of para-hydroxylation sites is 2. The van der Waals surface area contributed by atoms with Crippen LogP contribution in [0.3, 0.4) is 0 Å². The molecule has 0 saturated carbocycles. The molecule has 2 N–H and O–H groups in total. The molecule has 0 bridgehead atoms. The summed E-state index contributed by atoms with van der Waals surface area (Å²) in [5.41, 5.74) is 1.91. The Labute approximate surface area is 146 Å². The van der Waals surface area contributed by atoms with Crippen molar-refractivity contribution >= 4 is 17.5 Å². The molecule has 1 aromatic carbocycles. The minimum atomic E-state index is 0.0790. The number of hydrogen-bond donors (Lipinski definition) is 2. The fourth-order valence-electron chi connectivity index (χ4n) is 2.18. The number of anilines is 3. The number of pyridine rings is 1. The van der Waals surface area contributed by atoms with Gasteiger partial charge in [-0.2, -0.15) is 10.1 Å². The predicted molar refractivity (Wildman–Crippen MR) is 96.9 cm³/mol. The molecule has 0 atom stereocenters. The van der Waals surface area contributed by atoms with E-state index < -0.39 is 0 Å². The van der Waals surface area contributed by atoms with Crippen LogP contribution < -0.4 is 15.4 Å². The van der Waals surface area contributed by atoms with Gasteiger partial charge in [0.2, 0.25) is 5.95 Å². The summed E-state index contributed by atoms with van der Waals surface area (Å²) in [5, 5.41) is 14.4. The fourth-order valence-corrected chi connectivity index (χ4v) is 2.18. The topological polar surface area (TPSA) is 84.9 Å². The van der Waals surface area contributed by atoms with Gasteiger partial charge in [0, 0.05) is 18.9 Å². The smallest absolute Gasteiger partial charge is 0.249 e. The van der Waals surface area contributed by atoms with Gasteiger partial charge in [-0.3, -0.25) is 4.98 Å². The molecule has 7 nitrogen and oxygen atoms in total. The van der Waals surface area contributed by atoms with Gasteiger partial charge in [-0.05, 0) is 43.7 Å². The minimum Gasteiger partial charge on any atom is -0.489 e. The molecule has 128 valence electrons. The van der Waals surface area contributed by atoms with E-state index in [1.54, 1.807) is 18.6 Å². The molecule has 0 amide bonds. The van der Waals surface area contributed by atoms with Gasteiger partial charge in [0.05, 0.1) is 18.0 Å². The van der Waals surface area contributed by atoms with Gasteiger partial charge in [-0.15, -0.1) is 5.10 Å². The van der Waals surface area contributed by atoms with Gasteiger partial charge in [-0.1, -0.05) is 12.1 Å². The molecule has 0 aliphatic heterocycles. The average Bonchev–Trinajstić information content (AvgIpc) is 2.62. The Morgan fingerprint density at radius 3 is 2.68 bits per heavy atom. The standard InChI is InChI=1S/C18H20N6O/c1-13(2)25-16-6-4-3-5-15(16)22-18-23-17(12-21-24-18)20-11-14-7-9-19-10-8-14/h3-10,12-13H,11H2,1-2H3,(H2,20,22,23,24). The molecular formula is C18H20N6O. The zero-order valence-electron chi connectivity index (χ0n) is 14.2. The number of benzene rings is 1. The molecule has 0 aliphatic rings. The van der Waals surface area contributed by atoms with Crippen LogP contribution in [0.15, 0.2) is 55.0 Å². The van der Waals surface area contributed by atoms with Crippen molar-refractivity contribution in [2.45, 2.75) is 26.5 Å². The van der Waals surface area contributed by atoms with E-state index in [1.807, 2.05) is 50.2 Å². The number of aromatic nitrogens is 4. The fraction of sp³-hybridized carbons (Fsp3) is 0.222. The molecule has 0 radical (unpaired) electrons. The Morgan fingerprint density at radius 2 is 1.88 bits per heavy atom. The van der Waals surface area contributed by atoms with Crippen LogP contribution in [0.25, 0.3) is 0 Å². The Bertz CT molecular complexity index is 809. The van der Waals surface area contributed by atoms with Crippen LogP contribution in [-0.2, 0) is 6.54 Å². The van der Waals surface area contributed by atoms with Gasteiger partial charge >= 0.3 is 0 Å². The van der Waals surface area contributed by atoms with Gasteiger partial charge in [0.15, 0.2) is 5.82 Å². The van der Waals surface area contributed by atoms with E-state index in [-0.39, 0.29) is 6.10 Å². The number of hydrogen-bond acceptors (Lipinski definition) is 7. The van der Waals surface area contributed by atoms with Crippen LogP contribution in [0.2, 0.25) is 0 Å². The third-order valence-electron chi connectivity index (χ3n) is 3.28. The van der Waals surface area contributed by atoms with Crippen LogP contribution >= 0.6 is 0 Å². The summed E-state index contributed by atoms with van der Waals surface area (Å²) in [5.74, 6) is 1.78. The third-order valence-corrected chi connectivity index (χ3v) is 3.28. The highest BCUT2D eigenvalue weighted by atomic mass is 16.5.